The van der Waals surface area contributed by atoms with Gasteiger partial charge in [0.15, 0.2) is 5.82 Å². The molecule has 1 unspecified atom stereocenters. The molecular weight excluding hydrogens is 315 g/mol. The first-order valence-electron chi connectivity index (χ1n) is 7.57. The lowest BCUT2D eigenvalue weighted by molar-refractivity contribution is -0.120. The van der Waals surface area contributed by atoms with Crippen molar-refractivity contribution in [3.05, 3.63) is 41.3 Å². The Morgan fingerprint density at radius 3 is 3.00 bits per heavy atom. The van der Waals surface area contributed by atoms with Crippen LogP contribution in [-0.4, -0.2) is 35.5 Å². The van der Waals surface area contributed by atoms with Crippen LogP contribution in [-0.2, 0) is 16.0 Å². The highest BCUT2D eigenvalue weighted by Gasteiger charge is 2.35. The summed E-state index contributed by atoms with van der Waals surface area (Å²) >= 11 is 0. The number of halogens is 1. The number of nitrogens with zero attached hydrogens (tertiary/aromatic N) is 3. The van der Waals surface area contributed by atoms with Crippen molar-refractivity contribution < 1.29 is 18.5 Å². The smallest absolute Gasteiger partial charge is 0.232 e. The average Bonchev–Trinajstić information content (AvgIpc) is 3.16. The number of amides is 2. The van der Waals surface area contributed by atoms with Gasteiger partial charge in [-0.25, -0.2) is 4.39 Å². The standard InChI is InChI=1S/C16H17FN4O3/c1-9-5-11(3-4-12(9)17)21-8-10(6-15(21)23)16-19-13(20-24-16)7-14(22)18-2/h3-5,10H,6-8H2,1-2H3,(H,18,22). The average molecular weight is 332 g/mol. The Hall–Kier alpha value is -2.77. The number of hydrogen-bond acceptors (Lipinski definition) is 5. The summed E-state index contributed by atoms with van der Waals surface area (Å²) < 4.78 is 18.6. The number of carbonyl (C=O) groups excluding carboxylic acids is 2. The SMILES string of the molecule is CNC(=O)Cc1noc(C2CC(=O)N(c3ccc(F)c(C)c3)C2)n1. The van der Waals surface area contributed by atoms with Crippen molar-refractivity contribution in [3.8, 4) is 0 Å². The third kappa shape index (κ3) is 3.12. The van der Waals surface area contributed by atoms with E-state index in [2.05, 4.69) is 15.5 Å². The van der Waals surface area contributed by atoms with Crippen LogP contribution in [0.3, 0.4) is 0 Å². The van der Waals surface area contributed by atoms with Crippen molar-refractivity contribution in [3.63, 3.8) is 0 Å². The van der Waals surface area contributed by atoms with Crippen LogP contribution in [0.5, 0.6) is 0 Å². The van der Waals surface area contributed by atoms with Gasteiger partial charge >= 0.3 is 0 Å². The predicted molar refractivity (Wildman–Crippen MR) is 82.9 cm³/mol. The molecule has 0 radical (unpaired) electrons. The lowest BCUT2D eigenvalue weighted by Crippen LogP contribution is -2.24. The van der Waals surface area contributed by atoms with Crippen molar-refractivity contribution in [2.75, 3.05) is 18.5 Å². The molecule has 126 valence electrons. The van der Waals surface area contributed by atoms with E-state index in [1.807, 2.05) is 0 Å². The zero-order valence-electron chi connectivity index (χ0n) is 13.4. The number of benzene rings is 1. The number of rotatable bonds is 4. The molecule has 1 aromatic heterocycles. The van der Waals surface area contributed by atoms with Gasteiger partial charge in [0, 0.05) is 25.7 Å². The van der Waals surface area contributed by atoms with Crippen LogP contribution in [0.2, 0.25) is 0 Å². The van der Waals surface area contributed by atoms with E-state index in [-0.39, 0.29) is 42.2 Å². The van der Waals surface area contributed by atoms with Crippen LogP contribution in [0, 0.1) is 12.7 Å². The number of nitrogens with one attached hydrogen (secondary N) is 1. The first kappa shape index (κ1) is 16.1. The molecule has 1 aliphatic rings. The molecule has 0 bridgehead atoms. The summed E-state index contributed by atoms with van der Waals surface area (Å²) in [6, 6.07) is 4.56. The number of carbonyl (C=O) groups is 2. The third-order valence-corrected chi connectivity index (χ3v) is 4.01. The molecule has 0 saturated carbocycles. The van der Waals surface area contributed by atoms with Crippen LogP contribution in [0.1, 0.15) is 29.6 Å². The topological polar surface area (TPSA) is 88.3 Å². The van der Waals surface area contributed by atoms with E-state index < -0.39 is 0 Å². The number of aryl methyl sites for hydroxylation is 1. The van der Waals surface area contributed by atoms with Gasteiger partial charge in [0.1, 0.15) is 5.82 Å². The Labute approximate surface area is 137 Å². The van der Waals surface area contributed by atoms with Crippen molar-refractivity contribution in [2.45, 2.75) is 25.7 Å². The Morgan fingerprint density at radius 2 is 2.29 bits per heavy atom. The lowest BCUT2D eigenvalue weighted by atomic mass is 10.1. The quantitative estimate of drug-likeness (QED) is 0.912. The molecule has 3 rings (SSSR count). The molecule has 1 N–H and O–H groups in total. The van der Waals surface area contributed by atoms with Crippen molar-refractivity contribution >= 4 is 17.5 Å². The molecule has 1 atom stereocenters. The van der Waals surface area contributed by atoms with Gasteiger partial charge in [0.2, 0.25) is 17.7 Å². The summed E-state index contributed by atoms with van der Waals surface area (Å²) in [7, 11) is 1.53. The highest BCUT2D eigenvalue weighted by Crippen LogP contribution is 2.31. The monoisotopic (exact) mass is 332 g/mol. The van der Waals surface area contributed by atoms with Crippen LogP contribution in [0.4, 0.5) is 10.1 Å². The van der Waals surface area contributed by atoms with Gasteiger partial charge in [-0.1, -0.05) is 5.16 Å². The number of hydrogen-bond donors (Lipinski definition) is 1. The molecule has 7 nitrogen and oxygen atoms in total. The highest BCUT2D eigenvalue weighted by molar-refractivity contribution is 5.96. The molecule has 0 spiro atoms. The van der Waals surface area contributed by atoms with E-state index in [1.54, 1.807) is 24.0 Å². The van der Waals surface area contributed by atoms with Gasteiger partial charge in [0.25, 0.3) is 0 Å². The van der Waals surface area contributed by atoms with Gasteiger partial charge < -0.3 is 14.7 Å². The highest BCUT2D eigenvalue weighted by atomic mass is 19.1. The maximum Gasteiger partial charge on any atom is 0.232 e. The van der Waals surface area contributed by atoms with E-state index in [0.717, 1.165) is 0 Å². The van der Waals surface area contributed by atoms with Crippen LogP contribution in [0.15, 0.2) is 22.7 Å². The molecule has 1 saturated heterocycles. The summed E-state index contributed by atoms with van der Waals surface area (Å²) in [5, 5.41) is 6.25. The minimum Gasteiger partial charge on any atom is -0.359 e. The first-order chi connectivity index (χ1) is 11.5. The largest absolute Gasteiger partial charge is 0.359 e. The fraction of sp³-hybridized carbons (Fsp3) is 0.375. The first-order valence-corrected chi connectivity index (χ1v) is 7.57. The summed E-state index contributed by atoms with van der Waals surface area (Å²) in [5.41, 5.74) is 1.13. The molecule has 2 aromatic rings. The second-order valence-electron chi connectivity index (χ2n) is 5.74. The van der Waals surface area contributed by atoms with Crippen molar-refractivity contribution in [1.82, 2.24) is 15.5 Å². The summed E-state index contributed by atoms with van der Waals surface area (Å²) in [4.78, 5) is 29.4. The van der Waals surface area contributed by atoms with Gasteiger partial charge in [-0.05, 0) is 30.7 Å². The number of aromatic nitrogens is 2. The van der Waals surface area contributed by atoms with E-state index in [0.29, 0.717) is 23.7 Å². The van der Waals surface area contributed by atoms with E-state index >= 15 is 0 Å². The molecular formula is C16H17FN4O3. The van der Waals surface area contributed by atoms with Gasteiger partial charge in [-0.15, -0.1) is 0 Å². The summed E-state index contributed by atoms with van der Waals surface area (Å²) in [6.07, 6.45) is 0.263. The maximum atomic E-state index is 13.4. The van der Waals surface area contributed by atoms with E-state index in [4.69, 9.17) is 4.52 Å². The van der Waals surface area contributed by atoms with Crippen molar-refractivity contribution in [1.29, 1.82) is 0 Å². The molecule has 1 fully saturated rings. The van der Waals surface area contributed by atoms with Gasteiger partial charge in [0.05, 0.1) is 12.3 Å². The fourth-order valence-corrected chi connectivity index (χ4v) is 2.66. The minimum absolute atomic E-state index is 0.0293. The lowest BCUT2D eigenvalue weighted by Gasteiger charge is -2.16. The number of likely N-dealkylation sites (N-methyl/N-ethyl adjacent to an activating group) is 1. The third-order valence-electron chi connectivity index (χ3n) is 4.01. The molecule has 8 heteroatoms. The van der Waals surface area contributed by atoms with Crippen LogP contribution in [0.25, 0.3) is 0 Å². The Balaban J connectivity index is 1.74. The molecule has 2 heterocycles. The second kappa shape index (κ2) is 6.38. The molecule has 1 aliphatic heterocycles. The summed E-state index contributed by atoms with van der Waals surface area (Å²) in [6.45, 7) is 2.03. The molecule has 0 aliphatic carbocycles. The normalized spacial score (nSPS) is 17.4. The fourth-order valence-electron chi connectivity index (χ4n) is 2.66. The minimum atomic E-state index is -0.308. The van der Waals surface area contributed by atoms with Crippen molar-refractivity contribution in [2.24, 2.45) is 0 Å². The van der Waals surface area contributed by atoms with E-state index in [1.165, 1.54) is 13.1 Å². The summed E-state index contributed by atoms with van der Waals surface area (Å²) in [5.74, 6) is -0.228. The van der Waals surface area contributed by atoms with Gasteiger partial charge in [-0.2, -0.15) is 4.98 Å². The molecule has 1 aromatic carbocycles. The number of anilines is 1. The zero-order valence-corrected chi connectivity index (χ0v) is 13.4. The van der Waals surface area contributed by atoms with Crippen LogP contribution >= 0.6 is 0 Å². The Kier molecular flexibility index (Phi) is 4.28. The molecule has 24 heavy (non-hydrogen) atoms. The zero-order chi connectivity index (χ0) is 17.3. The Bertz CT molecular complexity index is 789. The second-order valence-corrected chi connectivity index (χ2v) is 5.74. The Morgan fingerprint density at radius 1 is 1.50 bits per heavy atom. The van der Waals surface area contributed by atoms with Gasteiger partial charge in [-0.3, -0.25) is 9.59 Å². The van der Waals surface area contributed by atoms with E-state index in [9.17, 15) is 14.0 Å². The molecule has 2 amide bonds. The van der Waals surface area contributed by atoms with Crippen LogP contribution < -0.4 is 10.2 Å². The maximum absolute atomic E-state index is 13.4. The predicted octanol–water partition coefficient (Wildman–Crippen LogP) is 1.33.